The second kappa shape index (κ2) is 9.48. The van der Waals surface area contributed by atoms with Crippen LogP contribution < -0.4 is 20.1 Å². The van der Waals surface area contributed by atoms with Crippen molar-refractivity contribution in [2.75, 3.05) is 24.9 Å². The molecule has 33 heavy (non-hydrogen) atoms. The molecule has 0 aliphatic carbocycles. The molecule has 0 aliphatic rings. The van der Waals surface area contributed by atoms with E-state index in [1.807, 2.05) is 12.1 Å². The number of hydrogen-bond donors (Lipinski definition) is 2. The lowest BCUT2D eigenvalue weighted by Gasteiger charge is -2.12. The summed E-state index contributed by atoms with van der Waals surface area (Å²) < 4.78 is 16.2. The van der Waals surface area contributed by atoms with Crippen molar-refractivity contribution in [2.45, 2.75) is 13.8 Å². The van der Waals surface area contributed by atoms with E-state index in [4.69, 9.17) is 13.9 Å². The maximum Gasteiger partial charge on any atom is 0.323 e. The van der Waals surface area contributed by atoms with E-state index in [1.165, 1.54) is 12.7 Å². The molecule has 4 aromatic rings. The van der Waals surface area contributed by atoms with Crippen molar-refractivity contribution in [3.8, 4) is 34.2 Å². The van der Waals surface area contributed by atoms with E-state index in [1.54, 1.807) is 43.7 Å². The Hall–Kier alpha value is -4.26. The molecule has 2 N–H and O–H groups in total. The van der Waals surface area contributed by atoms with E-state index in [2.05, 4.69) is 47.7 Å². The molecule has 168 valence electrons. The largest absolute Gasteiger partial charge is 0.497 e. The van der Waals surface area contributed by atoms with Gasteiger partial charge in [-0.15, -0.1) is 0 Å². The molecule has 2 amide bonds. The molecule has 1 aromatic heterocycles. The average Bonchev–Trinajstić information content (AvgIpc) is 3.29. The molecule has 0 saturated carbocycles. The van der Waals surface area contributed by atoms with Gasteiger partial charge in [0.05, 0.1) is 19.9 Å². The lowest BCUT2D eigenvalue weighted by Crippen LogP contribution is -2.19. The highest BCUT2D eigenvalue weighted by atomic mass is 16.5. The standard InChI is InChI=1S/C26H25N3O4/c1-16-5-11-21(17(2)13-16)23-15-33-25(28-23)18-6-8-19(9-7-18)27-26(30)29-22-14-20(31-3)10-12-24(22)32-4/h5-15H,1-4H3,(H2,27,29,30). The average molecular weight is 444 g/mol. The van der Waals surface area contributed by atoms with E-state index >= 15 is 0 Å². The SMILES string of the molecule is COc1ccc(OC)c(NC(=O)Nc2ccc(-c3nc(-c4ccc(C)cc4C)co3)cc2)c1. The Bertz CT molecular complexity index is 1280. The molecule has 0 bridgehead atoms. The van der Waals surface area contributed by atoms with Crippen LogP contribution in [0.4, 0.5) is 16.2 Å². The maximum absolute atomic E-state index is 12.5. The number of methoxy groups -OCH3 is 2. The number of ether oxygens (including phenoxy) is 2. The minimum Gasteiger partial charge on any atom is -0.497 e. The van der Waals surface area contributed by atoms with Gasteiger partial charge in [-0.3, -0.25) is 0 Å². The smallest absolute Gasteiger partial charge is 0.323 e. The van der Waals surface area contributed by atoms with Crippen molar-refractivity contribution >= 4 is 17.4 Å². The van der Waals surface area contributed by atoms with Gasteiger partial charge in [0.1, 0.15) is 23.5 Å². The van der Waals surface area contributed by atoms with Crippen molar-refractivity contribution in [2.24, 2.45) is 0 Å². The first kappa shape index (κ1) is 22.0. The summed E-state index contributed by atoms with van der Waals surface area (Å²) in [7, 11) is 3.10. The molecule has 0 spiro atoms. The van der Waals surface area contributed by atoms with Crippen LogP contribution in [0.15, 0.2) is 71.3 Å². The predicted molar refractivity (Wildman–Crippen MR) is 129 cm³/mol. The van der Waals surface area contributed by atoms with E-state index in [-0.39, 0.29) is 0 Å². The molecule has 0 radical (unpaired) electrons. The fraction of sp³-hybridized carbons (Fsp3) is 0.154. The molecule has 3 aromatic carbocycles. The first-order valence-corrected chi connectivity index (χ1v) is 10.4. The Kier molecular flexibility index (Phi) is 6.31. The van der Waals surface area contributed by atoms with Gasteiger partial charge >= 0.3 is 6.03 Å². The van der Waals surface area contributed by atoms with E-state index in [9.17, 15) is 4.79 Å². The highest BCUT2D eigenvalue weighted by Crippen LogP contribution is 2.30. The summed E-state index contributed by atoms with van der Waals surface area (Å²) in [5.41, 5.74) is 6.12. The van der Waals surface area contributed by atoms with Crippen LogP contribution in [0, 0.1) is 13.8 Å². The second-order valence-electron chi connectivity index (χ2n) is 7.58. The molecule has 0 aliphatic heterocycles. The summed E-state index contributed by atoms with van der Waals surface area (Å²) in [6.45, 7) is 4.12. The number of carbonyl (C=O) groups is 1. The molecular weight excluding hydrogens is 418 g/mol. The minimum absolute atomic E-state index is 0.400. The van der Waals surface area contributed by atoms with Gasteiger partial charge in [0.15, 0.2) is 0 Å². The number of aromatic nitrogens is 1. The van der Waals surface area contributed by atoms with Crippen molar-refractivity contribution in [1.29, 1.82) is 0 Å². The zero-order chi connectivity index (χ0) is 23.4. The Morgan fingerprint density at radius 1 is 0.909 bits per heavy atom. The van der Waals surface area contributed by atoms with Gasteiger partial charge in [-0.2, -0.15) is 0 Å². The summed E-state index contributed by atoms with van der Waals surface area (Å²) in [5, 5.41) is 5.58. The second-order valence-corrected chi connectivity index (χ2v) is 7.58. The summed E-state index contributed by atoms with van der Waals surface area (Å²) >= 11 is 0. The zero-order valence-electron chi connectivity index (χ0n) is 18.9. The Labute approximate surface area is 192 Å². The zero-order valence-corrected chi connectivity index (χ0v) is 18.9. The van der Waals surface area contributed by atoms with Crippen LogP contribution in [0.25, 0.3) is 22.7 Å². The molecular formula is C26H25N3O4. The molecule has 0 atom stereocenters. The molecule has 0 saturated heterocycles. The number of urea groups is 1. The van der Waals surface area contributed by atoms with Crippen molar-refractivity contribution in [3.63, 3.8) is 0 Å². The van der Waals surface area contributed by atoms with Crippen LogP contribution in [0.1, 0.15) is 11.1 Å². The minimum atomic E-state index is -0.400. The van der Waals surface area contributed by atoms with Gasteiger partial charge < -0.3 is 24.5 Å². The van der Waals surface area contributed by atoms with Crippen LogP contribution in [0.3, 0.4) is 0 Å². The number of amides is 2. The molecule has 0 unspecified atom stereocenters. The normalized spacial score (nSPS) is 10.5. The molecule has 0 fully saturated rings. The third-order valence-corrected chi connectivity index (χ3v) is 5.21. The van der Waals surface area contributed by atoms with Gasteiger partial charge in [0.25, 0.3) is 0 Å². The van der Waals surface area contributed by atoms with E-state index in [0.717, 1.165) is 22.4 Å². The quantitative estimate of drug-likeness (QED) is 0.366. The fourth-order valence-electron chi connectivity index (χ4n) is 3.52. The molecule has 1 heterocycles. The van der Waals surface area contributed by atoms with Gasteiger partial charge in [0, 0.05) is 22.9 Å². The lowest BCUT2D eigenvalue weighted by molar-refractivity contribution is 0.262. The number of aryl methyl sites for hydroxylation is 2. The maximum atomic E-state index is 12.5. The number of carbonyl (C=O) groups excluding carboxylic acids is 1. The molecule has 7 heteroatoms. The number of nitrogens with zero attached hydrogens (tertiary/aromatic N) is 1. The summed E-state index contributed by atoms with van der Waals surface area (Å²) in [4.78, 5) is 17.1. The van der Waals surface area contributed by atoms with Gasteiger partial charge in [-0.1, -0.05) is 23.8 Å². The van der Waals surface area contributed by atoms with Crippen LogP contribution >= 0.6 is 0 Å². The number of oxazole rings is 1. The highest BCUT2D eigenvalue weighted by molar-refractivity contribution is 6.00. The Morgan fingerprint density at radius 3 is 2.39 bits per heavy atom. The third-order valence-electron chi connectivity index (χ3n) is 5.21. The summed E-state index contributed by atoms with van der Waals surface area (Å²) in [5.74, 6) is 1.66. The summed E-state index contributed by atoms with van der Waals surface area (Å²) in [6, 6.07) is 18.3. The van der Waals surface area contributed by atoms with Gasteiger partial charge in [0.2, 0.25) is 5.89 Å². The van der Waals surface area contributed by atoms with E-state index in [0.29, 0.717) is 28.8 Å². The first-order chi connectivity index (χ1) is 16.0. The van der Waals surface area contributed by atoms with E-state index < -0.39 is 6.03 Å². The number of rotatable bonds is 6. The third kappa shape index (κ3) is 4.98. The van der Waals surface area contributed by atoms with Crippen molar-refractivity contribution < 1.29 is 18.7 Å². The highest BCUT2D eigenvalue weighted by Gasteiger charge is 2.12. The number of nitrogens with one attached hydrogen (secondary N) is 2. The van der Waals surface area contributed by atoms with Gasteiger partial charge in [-0.25, -0.2) is 9.78 Å². The van der Waals surface area contributed by atoms with Crippen molar-refractivity contribution in [1.82, 2.24) is 4.98 Å². The summed E-state index contributed by atoms with van der Waals surface area (Å²) in [6.07, 6.45) is 1.66. The lowest BCUT2D eigenvalue weighted by atomic mass is 10.0. The fourth-order valence-corrected chi connectivity index (χ4v) is 3.52. The molecule has 7 nitrogen and oxygen atoms in total. The van der Waals surface area contributed by atoms with Gasteiger partial charge in [-0.05, 0) is 55.8 Å². The monoisotopic (exact) mass is 443 g/mol. The number of hydrogen-bond acceptors (Lipinski definition) is 5. The Balaban J connectivity index is 1.45. The molecule has 4 rings (SSSR count). The van der Waals surface area contributed by atoms with Crippen LogP contribution in [-0.4, -0.2) is 25.2 Å². The van der Waals surface area contributed by atoms with Crippen LogP contribution in [0.2, 0.25) is 0 Å². The van der Waals surface area contributed by atoms with Crippen molar-refractivity contribution in [3.05, 3.63) is 78.1 Å². The first-order valence-electron chi connectivity index (χ1n) is 10.4. The number of benzene rings is 3. The number of anilines is 2. The Morgan fingerprint density at radius 2 is 1.70 bits per heavy atom. The van der Waals surface area contributed by atoms with Crippen LogP contribution in [0.5, 0.6) is 11.5 Å². The topological polar surface area (TPSA) is 85.6 Å². The van der Waals surface area contributed by atoms with Crippen LogP contribution in [-0.2, 0) is 0 Å². The predicted octanol–water partition coefficient (Wildman–Crippen LogP) is 6.29.